The SMILES string of the molecule is CCOC(=O)C(O)(C(=O)OCC)c1c(C)[nH]c2ccccc12. The van der Waals surface area contributed by atoms with Crippen molar-refractivity contribution in [3.63, 3.8) is 0 Å². The van der Waals surface area contributed by atoms with Crippen molar-refractivity contribution in [1.82, 2.24) is 4.98 Å². The second-order valence-electron chi connectivity index (χ2n) is 4.82. The van der Waals surface area contributed by atoms with E-state index in [0.29, 0.717) is 16.6 Å². The Hall–Kier alpha value is -2.34. The van der Waals surface area contributed by atoms with Crippen LogP contribution in [0.5, 0.6) is 0 Å². The van der Waals surface area contributed by atoms with Crippen LogP contribution in [0.3, 0.4) is 0 Å². The first-order valence-electron chi connectivity index (χ1n) is 7.11. The van der Waals surface area contributed by atoms with E-state index in [2.05, 4.69) is 4.98 Å². The molecule has 0 amide bonds. The van der Waals surface area contributed by atoms with Crippen molar-refractivity contribution in [3.8, 4) is 0 Å². The number of carbonyl (C=O) groups is 2. The highest BCUT2D eigenvalue weighted by molar-refractivity contribution is 6.08. The van der Waals surface area contributed by atoms with Gasteiger partial charge in [-0.15, -0.1) is 0 Å². The quantitative estimate of drug-likeness (QED) is 0.649. The van der Waals surface area contributed by atoms with Gasteiger partial charge in [0.05, 0.1) is 13.2 Å². The van der Waals surface area contributed by atoms with Crippen molar-refractivity contribution in [2.24, 2.45) is 0 Å². The minimum atomic E-state index is -2.49. The van der Waals surface area contributed by atoms with E-state index in [1.54, 1.807) is 39.0 Å². The number of aromatic nitrogens is 1. The number of hydrogen-bond acceptors (Lipinski definition) is 5. The Morgan fingerprint density at radius 2 is 1.68 bits per heavy atom. The Morgan fingerprint density at radius 3 is 2.23 bits per heavy atom. The standard InChI is InChI=1S/C16H19NO5/c1-4-21-14(18)16(20,15(19)22-5-2)13-10(3)17-12-9-7-6-8-11(12)13/h6-9,17,20H,4-5H2,1-3H3. The van der Waals surface area contributed by atoms with Crippen LogP contribution < -0.4 is 0 Å². The predicted molar refractivity (Wildman–Crippen MR) is 80.2 cm³/mol. The first-order valence-corrected chi connectivity index (χ1v) is 7.11. The lowest BCUT2D eigenvalue weighted by molar-refractivity contribution is -0.184. The molecule has 0 radical (unpaired) electrons. The van der Waals surface area contributed by atoms with Crippen LogP contribution in [0.2, 0.25) is 0 Å². The van der Waals surface area contributed by atoms with E-state index in [1.165, 1.54) is 0 Å². The molecule has 22 heavy (non-hydrogen) atoms. The van der Waals surface area contributed by atoms with E-state index in [4.69, 9.17) is 9.47 Å². The molecule has 0 atom stereocenters. The number of hydrogen-bond donors (Lipinski definition) is 2. The van der Waals surface area contributed by atoms with E-state index in [9.17, 15) is 14.7 Å². The summed E-state index contributed by atoms with van der Waals surface area (Å²) in [6, 6.07) is 7.09. The average molecular weight is 305 g/mol. The first kappa shape index (κ1) is 16.0. The summed E-state index contributed by atoms with van der Waals surface area (Å²) >= 11 is 0. The number of H-pyrrole nitrogens is 1. The van der Waals surface area contributed by atoms with Crippen molar-refractivity contribution >= 4 is 22.8 Å². The molecule has 0 fully saturated rings. The third-order valence-corrected chi connectivity index (χ3v) is 3.40. The maximum atomic E-state index is 12.3. The molecule has 1 aromatic heterocycles. The zero-order chi connectivity index (χ0) is 16.3. The lowest BCUT2D eigenvalue weighted by Crippen LogP contribution is -2.46. The van der Waals surface area contributed by atoms with Gasteiger partial charge in [-0.3, -0.25) is 0 Å². The summed E-state index contributed by atoms with van der Waals surface area (Å²) in [5, 5.41) is 11.5. The van der Waals surface area contributed by atoms with Crippen molar-refractivity contribution < 1.29 is 24.2 Å². The Bertz CT molecular complexity index is 686. The molecule has 1 aromatic carbocycles. The minimum absolute atomic E-state index is 0.0436. The zero-order valence-corrected chi connectivity index (χ0v) is 12.8. The largest absolute Gasteiger partial charge is 0.463 e. The minimum Gasteiger partial charge on any atom is -0.463 e. The average Bonchev–Trinajstić information content (AvgIpc) is 2.83. The second kappa shape index (κ2) is 6.19. The molecule has 0 aliphatic rings. The Kier molecular flexibility index (Phi) is 4.51. The van der Waals surface area contributed by atoms with Gasteiger partial charge in [0.1, 0.15) is 0 Å². The Labute approximate surface area is 128 Å². The Morgan fingerprint density at radius 1 is 1.14 bits per heavy atom. The molecule has 0 bridgehead atoms. The van der Waals surface area contributed by atoms with Crippen LogP contribution in [0.1, 0.15) is 25.1 Å². The van der Waals surface area contributed by atoms with Crippen LogP contribution in [-0.4, -0.2) is 35.2 Å². The number of esters is 2. The van der Waals surface area contributed by atoms with Gasteiger partial charge in [0.15, 0.2) is 0 Å². The molecule has 2 rings (SSSR count). The molecule has 0 saturated carbocycles. The lowest BCUT2D eigenvalue weighted by Gasteiger charge is -2.24. The molecule has 2 N–H and O–H groups in total. The lowest BCUT2D eigenvalue weighted by atomic mass is 9.91. The summed E-state index contributed by atoms with van der Waals surface area (Å²) in [5.41, 5.74) is -1.11. The van der Waals surface area contributed by atoms with Crippen molar-refractivity contribution in [2.75, 3.05) is 13.2 Å². The molecule has 118 valence electrons. The summed E-state index contributed by atoms with van der Waals surface area (Å²) in [6.07, 6.45) is 0. The fourth-order valence-corrected chi connectivity index (χ4v) is 2.50. The first-order chi connectivity index (χ1) is 10.5. The maximum Gasteiger partial charge on any atom is 0.355 e. The van der Waals surface area contributed by atoms with Gasteiger partial charge in [-0.25, -0.2) is 9.59 Å². The highest BCUT2D eigenvalue weighted by atomic mass is 16.6. The van der Waals surface area contributed by atoms with E-state index < -0.39 is 17.5 Å². The predicted octanol–water partition coefficient (Wildman–Crippen LogP) is 1.79. The monoisotopic (exact) mass is 305 g/mol. The number of carbonyl (C=O) groups excluding carboxylic acids is 2. The summed E-state index contributed by atoms with van der Waals surface area (Å²) in [6.45, 7) is 4.97. The van der Waals surface area contributed by atoms with Gasteiger partial charge in [0.2, 0.25) is 0 Å². The third-order valence-electron chi connectivity index (χ3n) is 3.40. The highest BCUT2D eigenvalue weighted by Gasteiger charge is 2.51. The normalized spacial score (nSPS) is 11.5. The van der Waals surface area contributed by atoms with Gasteiger partial charge >= 0.3 is 11.9 Å². The van der Waals surface area contributed by atoms with Gasteiger partial charge in [0, 0.05) is 22.2 Å². The van der Waals surface area contributed by atoms with Crippen LogP contribution in [0.4, 0.5) is 0 Å². The summed E-state index contributed by atoms with van der Waals surface area (Å²) in [7, 11) is 0. The molecule has 0 spiro atoms. The van der Waals surface area contributed by atoms with Crippen LogP contribution in [0.15, 0.2) is 24.3 Å². The summed E-state index contributed by atoms with van der Waals surface area (Å²) < 4.78 is 9.80. The van der Waals surface area contributed by atoms with Crippen molar-refractivity contribution in [2.45, 2.75) is 26.4 Å². The Balaban J connectivity index is 2.69. The van der Waals surface area contributed by atoms with E-state index in [1.807, 2.05) is 6.07 Å². The van der Waals surface area contributed by atoms with Crippen molar-refractivity contribution in [3.05, 3.63) is 35.5 Å². The topological polar surface area (TPSA) is 88.6 Å². The number of aliphatic hydroxyl groups is 1. The fraction of sp³-hybridized carbons (Fsp3) is 0.375. The fourth-order valence-electron chi connectivity index (χ4n) is 2.50. The molecule has 2 aromatic rings. The van der Waals surface area contributed by atoms with Crippen LogP contribution >= 0.6 is 0 Å². The van der Waals surface area contributed by atoms with Gasteiger partial charge in [-0.2, -0.15) is 0 Å². The number of aromatic amines is 1. The van der Waals surface area contributed by atoms with Crippen LogP contribution in [0, 0.1) is 6.92 Å². The van der Waals surface area contributed by atoms with Gasteiger partial charge < -0.3 is 19.6 Å². The number of nitrogens with one attached hydrogen (secondary N) is 1. The number of benzene rings is 1. The van der Waals surface area contributed by atoms with Crippen molar-refractivity contribution in [1.29, 1.82) is 0 Å². The molecule has 1 heterocycles. The molecular weight excluding hydrogens is 286 g/mol. The van der Waals surface area contributed by atoms with Gasteiger partial charge in [-0.05, 0) is 26.8 Å². The molecule has 6 nitrogen and oxygen atoms in total. The number of ether oxygens (including phenoxy) is 2. The van der Waals surface area contributed by atoms with E-state index in [-0.39, 0.29) is 18.8 Å². The summed E-state index contributed by atoms with van der Waals surface area (Å²) in [4.78, 5) is 27.6. The molecule has 0 aliphatic carbocycles. The van der Waals surface area contributed by atoms with E-state index >= 15 is 0 Å². The number of fused-ring (bicyclic) bond motifs is 1. The molecular formula is C16H19NO5. The number of rotatable bonds is 5. The number of para-hydroxylation sites is 1. The number of aryl methyl sites for hydroxylation is 1. The maximum absolute atomic E-state index is 12.3. The highest BCUT2D eigenvalue weighted by Crippen LogP contribution is 2.34. The van der Waals surface area contributed by atoms with Crippen LogP contribution in [-0.2, 0) is 24.7 Å². The van der Waals surface area contributed by atoms with E-state index in [0.717, 1.165) is 0 Å². The van der Waals surface area contributed by atoms with Gasteiger partial charge in [-0.1, -0.05) is 18.2 Å². The molecule has 0 unspecified atom stereocenters. The zero-order valence-electron chi connectivity index (χ0n) is 12.8. The van der Waals surface area contributed by atoms with Gasteiger partial charge in [0.25, 0.3) is 5.60 Å². The molecule has 0 saturated heterocycles. The molecule has 0 aliphatic heterocycles. The van der Waals surface area contributed by atoms with Crippen LogP contribution in [0.25, 0.3) is 10.9 Å². The summed E-state index contributed by atoms with van der Waals surface area (Å²) in [5.74, 6) is -2.08. The second-order valence-corrected chi connectivity index (χ2v) is 4.82. The smallest absolute Gasteiger partial charge is 0.355 e. The third kappa shape index (κ3) is 2.46. The molecule has 6 heteroatoms.